The van der Waals surface area contributed by atoms with Crippen molar-refractivity contribution >= 4 is 63.5 Å². The number of allylic oxidation sites excluding steroid dienone is 1. The van der Waals surface area contributed by atoms with Crippen LogP contribution < -0.4 is 0 Å². The number of nitrogens with zero attached hydrogens (tertiary/aromatic N) is 1. The van der Waals surface area contributed by atoms with Gasteiger partial charge in [0, 0.05) is 11.6 Å². The Kier molecular flexibility index (Phi) is 6.32. The molecule has 8 heteroatoms. The van der Waals surface area contributed by atoms with Gasteiger partial charge in [0.25, 0.3) is 5.91 Å². The van der Waals surface area contributed by atoms with Crippen molar-refractivity contribution in [2.45, 2.75) is 6.92 Å². The molecule has 1 aliphatic rings. The Morgan fingerprint density at radius 2 is 2.07 bits per heavy atom. The van der Waals surface area contributed by atoms with Crippen molar-refractivity contribution in [2.24, 2.45) is 0 Å². The Bertz CT molecular complexity index is 966. The lowest BCUT2D eigenvalue weighted by atomic mass is 10.2. The van der Waals surface area contributed by atoms with Gasteiger partial charge in [0.15, 0.2) is 0 Å². The van der Waals surface area contributed by atoms with Gasteiger partial charge in [0.1, 0.15) is 21.6 Å². The summed E-state index contributed by atoms with van der Waals surface area (Å²) < 4.78 is 11.5. The number of furan rings is 1. The molecule has 1 aromatic carbocycles. The molecule has 1 aromatic heterocycles. The minimum absolute atomic E-state index is 0.172. The molecule has 0 radical (unpaired) electrons. The third kappa shape index (κ3) is 4.41. The van der Waals surface area contributed by atoms with E-state index in [1.54, 1.807) is 37.5 Å². The molecule has 0 spiro atoms. The molecule has 1 amide bonds. The van der Waals surface area contributed by atoms with Crippen molar-refractivity contribution in [3.8, 4) is 11.3 Å². The lowest BCUT2D eigenvalue weighted by Crippen LogP contribution is -2.30. The summed E-state index contributed by atoms with van der Waals surface area (Å²) >= 11 is 18.6. The van der Waals surface area contributed by atoms with Crippen molar-refractivity contribution in [1.29, 1.82) is 0 Å². The van der Waals surface area contributed by atoms with E-state index in [4.69, 9.17) is 44.6 Å². The van der Waals surface area contributed by atoms with Gasteiger partial charge in [-0.3, -0.25) is 9.69 Å². The van der Waals surface area contributed by atoms with E-state index in [-0.39, 0.29) is 5.91 Å². The lowest BCUT2D eigenvalue weighted by Gasteiger charge is -2.15. The second-order valence-electron chi connectivity index (χ2n) is 5.56. The largest absolute Gasteiger partial charge is 0.500 e. The predicted octanol–water partition coefficient (Wildman–Crippen LogP) is 6.00. The van der Waals surface area contributed by atoms with Crippen molar-refractivity contribution in [3.63, 3.8) is 0 Å². The number of ether oxygens (including phenoxy) is 1. The van der Waals surface area contributed by atoms with E-state index >= 15 is 0 Å². The van der Waals surface area contributed by atoms with Crippen molar-refractivity contribution in [2.75, 3.05) is 13.7 Å². The van der Waals surface area contributed by atoms with E-state index in [9.17, 15) is 4.79 Å². The first-order valence-electron chi connectivity index (χ1n) is 7.92. The smallest absolute Gasteiger partial charge is 0.266 e. The Morgan fingerprint density at radius 3 is 2.74 bits per heavy atom. The summed E-state index contributed by atoms with van der Waals surface area (Å²) in [5, 5.41) is 0.929. The highest BCUT2D eigenvalue weighted by atomic mass is 35.5. The Morgan fingerprint density at radius 1 is 1.30 bits per heavy atom. The highest BCUT2D eigenvalue weighted by Gasteiger charge is 2.32. The maximum Gasteiger partial charge on any atom is 0.266 e. The second kappa shape index (κ2) is 8.52. The standard InChI is InChI=1S/C19H15Cl2NO3S2/c1-3-12(24-2)10-22-18(23)17(27-19(22)26)9-13-5-7-16(25-13)11-4-6-14(20)15(21)8-11/h3-9H,10H2,1-2H3/b12-3-,17-9-. The number of benzene rings is 1. The van der Waals surface area contributed by atoms with Gasteiger partial charge in [0.05, 0.1) is 28.6 Å². The van der Waals surface area contributed by atoms with Crippen LogP contribution >= 0.6 is 47.2 Å². The second-order valence-corrected chi connectivity index (χ2v) is 8.05. The van der Waals surface area contributed by atoms with E-state index in [1.165, 1.54) is 16.7 Å². The van der Waals surface area contributed by atoms with Crippen LogP contribution in [0.3, 0.4) is 0 Å². The molecule has 0 unspecified atom stereocenters. The highest BCUT2D eigenvalue weighted by molar-refractivity contribution is 8.26. The third-order valence-corrected chi connectivity index (χ3v) is 5.99. The average molecular weight is 440 g/mol. The summed E-state index contributed by atoms with van der Waals surface area (Å²) in [6, 6.07) is 8.86. The van der Waals surface area contributed by atoms with Gasteiger partial charge in [-0.15, -0.1) is 0 Å². The Balaban J connectivity index is 1.81. The number of thiocarbonyl (C=S) groups is 1. The molecule has 1 fully saturated rings. The van der Waals surface area contributed by atoms with Crippen LogP contribution in [-0.2, 0) is 9.53 Å². The fourth-order valence-corrected chi connectivity index (χ4v) is 3.96. The van der Waals surface area contributed by atoms with Crippen LogP contribution in [0.15, 0.2) is 51.5 Å². The van der Waals surface area contributed by atoms with Gasteiger partial charge >= 0.3 is 0 Å². The molecule has 1 aliphatic heterocycles. The number of carbonyl (C=O) groups excluding carboxylic acids is 1. The van der Waals surface area contributed by atoms with Crippen LogP contribution in [0.4, 0.5) is 0 Å². The van der Waals surface area contributed by atoms with Crippen molar-refractivity contribution in [1.82, 2.24) is 4.90 Å². The maximum absolute atomic E-state index is 12.6. The first-order valence-corrected chi connectivity index (χ1v) is 9.90. The number of halogens is 2. The van der Waals surface area contributed by atoms with E-state index in [0.29, 0.717) is 43.1 Å². The molecule has 2 aromatic rings. The molecule has 3 rings (SSSR count). The van der Waals surface area contributed by atoms with Gasteiger partial charge in [-0.2, -0.15) is 0 Å². The molecule has 1 saturated heterocycles. The molecule has 2 heterocycles. The Hall–Kier alpha value is -1.73. The summed E-state index contributed by atoms with van der Waals surface area (Å²) in [5.74, 6) is 1.68. The first kappa shape index (κ1) is 20.0. The maximum atomic E-state index is 12.6. The SMILES string of the molecule is C/C=C(/CN1C(=O)/C(=C/c2ccc(-c3ccc(Cl)c(Cl)c3)o2)SC1=S)OC. The molecular formula is C19H15Cl2NO3S2. The van der Waals surface area contributed by atoms with Crippen LogP contribution in [0.5, 0.6) is 0 Å². The zero-order chi connectivity index (χ0) is 19.6. The molecule has 0 atom stereocenters. The van der Waals surface area contributed by atoms with Gasteiger partial charge in [-0.25, -0.2) is 0 Å². The molecular weight excluding hydrogens is 425 g/mol. The minimum atomic E-state index is -0.172. The highest BCUT2D eigenvalue weighted by Crippen LogP contribution is 2.35. The topological polar surface area (TPSA) is 42.7 Å². The quantitative estimate of drug-likeness (QED) is 0.324. The number of methoxy groups -OCH3 is 1. The van der Waals surface area contributed by atoms with Crippen molar-refractivity contribution < 1.29 is 13.9 Å². The van der Waals surface area contributed by atoms with E-state index in [0.717, 1.165) is 5.56 Å². The molecule has 0 N–H and O–H groups in total. The van der Waals surface area contributed by atoms with Crippen LogP contribution in [-0.4, -0.2) is 28.8 Å². The van der Waals surface area contributed by atoms with Gasteiger partial charge in [-0.05, 0) is 43.3 Å². The number of amides is 1. The number of rotatable bonds is 5. The molecule has 140 valence electrons. The fraction of sp³-hybridized carbons (Fsp3) is 0.158. The normalized spacial score (nSPS) is 16.5. The minimum Gasteiger partial charge on any atom is -0.500 e. The van der Waals surface area contributed by atoms with Crippen LogP contribution in [0.2, 0.25) is 10.0 Å². The number of hydrogen-bond acceptors (Lipinski definition) is 5. The van der Waals surface area contributed by atoms with Gasteiger partial charge < -0.3 is 9.15 Å². The van der Waals surface area contributed by atoms with Crippen molar-refractivity contribution in [3.05, 3.63) is 62.9 Å². The summed E-state index contributed by atoms with van der Waals surface area (Å²) in [5.41, 5.74) is 0.800. The zero-order valence-corrected chi connectivity index (χ0v) is 17.6. The molecule has 0 aliphatic carbocycles. The molecule has 0 saturated carbocycles. The average Bonchev–Trinajstić information content (AvgIpc) is 3.21. The zero-order valence-electron chi connectivity index (χ0n) is 14.5. The molecule has 27 heavy (non-hydrogen) atoms. The molecule has 4 nitrogen and oxygen atoms in total. The summed E-state index contributed by atoms with van der Waals surface area (Å²) in [7, 11) is 1.57. The lowest BCUT2D eigenvalue weighted by molar-refractivity contribution is -0.122. The van der Waals surface area contributed by atoms with E-state index in [1.807, 2.05) is 19.1 Å². The number of thioether (sulfide) groups is 1. The number of hydrogen-bond donors (Lipinski definition) is 0. The summed E-state index contributed by atoms with van der Waals surface area (Å²) in [6.07, 6.45) is 3.49. The van der Waals surface area contributed by atoms with Gasteiger partial charge in [0.2, 0.25) is 0 Å². The third-order valence-electron chi connectivity index (χ3n) is 3.88. The predicted molar refractivity (Wildman–Crippen MR) is 115 cm³/mol. The summed E-state index contributed by atoms with van der Waals surface area (Å²) in [4.78, 5) is 14.6. The van der Waals surface area contributed by atoms with Crippen LogP contribution in [0.25, 0.3) is 17.4 Å². The fourth-order valence-electron chi connectivity index (χ4n) is 2.43. The van der Waals surface area contributed by atoms with Gasteiger partial charge in [-0.1, -0.05) is 47.2 Å². The van der Waals surface area contributed by atoms with E-state index in [2.05, 4.69) is 0 Å². The first-order chi connectivity index (χ1) is 12.9. The number of carbonyl (C=O) groups is 1. The van der Waals surface area contributed by atoms with E-state index < -0.39 is 0 Å². The van der Waals surface area contributed by atoms with Crippen LogP contribution in [0.1, 0.15) is 12.7 Å². The van der Waals surface area contributed by atoms with Crippen LogP contribution in [0, 0.1) is 0 Å². The monoisotopic (exact) mass is 439 g/mol. The Labute approximate surface area is 176 Å². The molecule has 0 bridgehead atoms. The summed E-state index contributed by atoms with van der Waals surface area (Å²) in [6.45, 7) is 2.15.